The Balaban J connectivity index is 2.94. The van der Waals surface area contributed by atoms with E-state index in [4.69, 9.17) is 0 Å². The number of carbonyl (C=O) groups excluding carboxylic acids is 1. The van der Waals surface area contributed by atoms with Crippen molar-refractivity contribution >= 4 is 16.9 Å². The highest BCUT2D eigenvalue weighted by atomic mass is 19.1. The Hall–Kier alpha value is -1.91. The molecule has 5 heteroatoms. The molecule has 0 aliphatic rings. The minimum atomic E-state index is -0.771. The quantitative estimate of drug-likeness (QED) is 0.700. The summed E-state index contributed by atoms with van der Waals surface area (Å²) >= 11 is 0. The molecule has 0 aliphatic heterocycles. The number of aromatic amines is 1. The van der Waals surface area contributed by atoms with Crippen molar-refractivity contribution in [2.24, 2.45) is 0 Å². The van der Waals surface area contributed by atoms with Crippen LogP contribution >= 0.6 is 0 Å². The van der Waals surface area contributed by atoms with E-state index >= 15 is 0 Å². The molecule has 1 N–H and O–H groups in total. The number of H-pyrrole nitrogens is 1. The molecule has 4 nitrogen and oxygen atoms in total. The molecule has 1 aromatic heterocycles. The number of carbonyl (C=O) groups is 1. The third-order valence-corrected chi connectivity index (χ3v) is 1.91. The maximum absolute atomic E-state index is 13.1. The van der Waals surface area contributed by atoms with Crippen LogP contribution in [0, 0.1) is 5.82 Å². The average molecular weight is 195 g/mol. The first kappa shape index (κ1) is 8.68. The molecular weight excluding hydrogens is 189 g/mol. The van der Waals surface area contributed by atoms with E-state index in [0.29, 0.717) is 0 Å². The SMILES string of the molecule is CC(=O)c1ccc(F)c2[nH]c(=O)oc12. The largest absolute Gasteiger partial charge is 0.417 e. The van der Waals surface area contributed by atoms with Crippen molar-refractivity contribution in [3.8, 4) is 0 Å². The molecule has 0 spiro atoms. The zero-order chi connectivity index (χ0) is 10.3. The van der Waals surface area contributed by atoms with Crippen molar-refractivity contribution in [1.82, 2.24) is 4.98 Å². The Morgan fingerprint density at radius 2 is 2.21 bits per heavy atom. The lowest BCUT2D eigenvalue weighted by molar-refractivity contribution is 0.101. The second-order valence-electron chi connectivity index (χ2n) is 2.87. The second-order valence-corrected chi connectivity index (χ2v) is 2.87. The van der Waals surface area contributed by atoms with Crippen molar-refractivity contribution in [3.63, 3.8) is 0 Å². The van der Waals surface area contributed by atoms with E-state index in [1.165, 1.54) is 13.0 Å². The molecule has 0 bridgehead atoms. The number of hydrogen-bond acceptors (Lipinski definition) is 3. The fourth-order valence-electron chi connectivity index (χ4n) is 1.28. The Bertz CT molecular complexity index is 567. The molecular formula is C9H6FNO3. The first-order valence-electron chi connectivity index (χ1n) is 3.92. The lowest BCUT2D eigenvalue weighted by Gasteiger charge is -1.95. The molecule has 0 aliphatic carbocycles. The van der Waals surface area contributed by atoms with E-state index in [2.05, 4.69) is 9.40 Å². The number of benzene rings is 1. The molecule has 0 saturated carbocycles. The van der Waals surface area contributed by atoms with Gasteiger partial charge >= 0.3 is 5.76 Å². The summed E-state index contributed by atoms with van der Waals surface area (Å²) in [6.07, 6.45) is 0. The highest BCUT2D eigenvalue weighted by molar-refractivity contribution is 6.04. The maximum atomic E-state index is 13.1. The number of ketones is 1. The molecule has 1 heterocycles. The average Bonchev–Trinajstić information content (AvgIpc) is 2.47. The predicted octanol–water partition coefficient (Wildman–Crippen LogP) is 1.46. The van der Waals surface area contributed by atoms with E-state index in [0.717, 1.165) is 6.07 Å². The lowest BCUT2D eigenvalue weighted by atomic mass is 10.1. The van der Waals surface area contributed by atoms with Gasteiger partial charge in [0.05, 0.1) is 5.56 Å². The molecule has 14 heavy (non-hydrogen) atoms. The van der Waals surface area contributed by atoms with Crippen LogP contribution in [0.1, 0.15) is 17.3 Å². The number of aromatic nitrogens is 1. The van der Waals surface area contributed by atoms with Crippen LogP contribution in [0.4, 0.5) is 4.39 Å². The number of Topliss-reactive ketones (excluding diaryl/α,β-unsaturated/α-hetero) is 1. The molecule has 2 rings (SSSR count). The maximum Gasteiger partial charge on any atom is 0.417 e. The molecule has 0 unspecified atom stereocenters. The third-order valence-electron chi connectivity index (χ3n) is 1.91. The van der Waals surface area contributed by atoms with Crippen molar-refractivity contribution in [3.05, 3.63) is 34.1 Å². The molecule has 0 atom stereocenters. The Morgan fingerprint density at radius 3 is 2.86 bits per heavy atom. The fraction of sp³-hybridized carbons (Fsp3) is 0.111. The van der Waals surface area contributed by atoms with Crippen LogP contribution in [-0.4, -0.2) is 10.8 Å². The van der Waals surface area contributed by atoms with E-state index in [-0.39, 0.29) is 22.4 Å². The summed E-state index contributed by atoms with van der Waals surface area (Å²) in [5.74, 6) is -1.67. The third kappa shape index (κ3) is 1.14. The number of nitrogens with one attached hydrogen (secondary N) is 1. The topological polar surface area (TPSA) is 63.1 Å². The number of oxazole rings is 1. The highest BCUT2D eigenvalue weighted by Gasteiger charge is 2.13. The molecule has 0 saturated heterocycles. The van der Waals surface area contributed by atoms with Crippen LogP contribution in [0.2, 0.25) is 0 Å². The van der Waals surface area contributed by atoms with Gasteiger partial charge in [-0.05, 0) is 19.1 Å². The van der Waals surface area contributed by atoms with Gasteiger partial charge in [-0.1, -0.05) is 0 Å². The van der Waals surface area contributed by atoms with Gasteiger partial charge in [0.2, 0.25) is 0 Å². The van der Waals surface area contributed by atoms with E-state index in [1.807, 2.05) is 0 Å². The summed E-state index contributed by atoms with van der Waals surface area (Å²) in [6, 6.07) is 2.40. The van der Waals surface area contributed by atoms with Crippen molar-refractivity contribution in [2.45, 2.75) is 6.92 Å². The predicted molar refractivity (Wildman–Crippen MR) is 46.8 cm³/mol. The van der Waals surface area contributed by atoms with Crippen LogP contribution in [0.25, 0.3) is 11.1 Å². The normalized spacial score (nSPS) is 10.7. The van der Waals surface area contributed by atoms with Gasteiger partial charge in [0, 0.05) is 0 Å². The van der Waals surface area contributed by atoms with Gasteiger partial charge in [-0.3, -0.25) is 9.78 Å². The minimum absolute atomic E-state index is 0.0255. The number of fused-ring (bicyclic) bond motifs is 1. The molecule has 72 valence electrons. The fourth-order valence-corrected chi connectivity index (χ4v) is 1.28. The van der Waals surface area contributed by atoms with E-state index in [1.54, 1.807) is 0 Å². The van der Waals surface area contributed by atoms with E-state index in [9.17, 15) is 14.0 Å². The smallest absolute Gasteiger partial charge is 0.407 e. The first-order chi connectivity index (χ1) is 6.59. The number of hydrogen-bond donors (Lipinski definition) is 1. The number of halogens is 1. The summed E-state index contributed by atoms with van der Waals surface area (Å²) in [6.45, 7) is 1.32. The van der Waals surface area contributed by atoms with Gasteiger partial charge in [-0.25, -0.2) is 9.18 Å². The minimum Gasteiger partial charge on any atom is -0.407 e. The second kappa shape index (κ2) is 2.80. The van der Waals surface area contributed by atoms with Crippen LogP contribution in [-0.2, 0) is 0 Å². The summed E-state index contributed by atoms with van der Waals surface area (Å²) in [7, 11) is 0. The standard InChI is InChI=1S/C9H6FNO3/c1-4(12)5-2-3-6(10)7-8(5)14-9(13)11-7/h2-3H,1H3,(H,11,13). The van der Waals surface area contributed by atoms with Crippen LogP contribution in [0.5, 0.6) is 0 Å². The van der Waals surface area contributed by atoms with Gasteiger partial charge in [0.25, 0.3) is 0 Å². The molecule has 0 fully saturated rings. The van der Waals surface area contributed by atoms with Gasteiger partial charge in [-0.15, -0.1) is 0 Å². The molecule has 0 radical (unpaired) electrons. The molecule has 1 aromatic carbocycles. The first-order valence-corrected chi connectivity index (χ1v) is 3.92. The monoisotopic (exact) mass is 195 g/mol. The van der Waals surface area contributed by atoms with Crippen molar-refractivity contribution in [1.29, 1.82) is 0 Å². The Morgan fingerprint density at radius 1 is 1.50 bits per heavy atom. The van der Waals surface area contributed by atoms with Gasteiger partial charge in [0.15, 0.2) is 17.2 Å². The zero-order valence-corrected chi connectivity index (χ0v) is 7.26. The van der Waals surface area contributed by atoms with Crippen LogP contribution in [0.15, 0.2) is 21.3 Å². The van der Waals surface area contributed by atoms with Crippen LogP contribution < -0.4 is 5.76 Å². The number of rotatable bonds is 1. The van der Waals surface area contributed by atoms with Crippen molar-refractivity contribution in [2.75, 3.05) is 0 Å². The van der Waals surface area contributed by atoms with Gasteiger partial charge in [-0.2, -0.15) is 0 Å². The summed E-state index contributed by atoms with van der Waals surface area (Å²) in [4.78, 5) is 24.1. The lowest BCUT2D eigenvalue weighted by Crippen LogP contribution is -1.93. The van der Waals surface area contributed by atoms with Gasteiger partial charge < -0.3 is 4.42 Å². The summed E-state index contributed by atoms with van der Waals surface area (Å²) in [5.41, 5.74) is 0.102. The molecule has 2 aromatic rings. The molecule has 0 amide bonds. The Kier molecular flexibility index (Phi) is 1.73. The summed E-state index contributed by atoms with van der Waals surface area (Å²) in [5, 5.41) is 0. The van der Waals surface area contributed by atoms with Crippen molar-refractivity contribution < 1.29 is 13.6 Å². The van der Waals surface area contributed by atoms with Gasteiger partial charge in [0.1, 0.15) is 5.52 Å². The van der Waals surface area contributed by atoms with Crippen LogP contribution in [0.3, 0.4) is 0 Å². The van der Waals surface area contributed by atoms with E-state index < -0.39 is 11.6 Å². The highest BCUT2D eigenvalue weighted by Crippen LogP contribution is 2.19. The Labute approximate surface area is 77.3 Å². The zero-order valence-electron chi connectivity index (χ0n) is 7.26. The summed E-state index contributed by atoms with van der Waals surface area (Å²) < 4.78 is 17.8.